The molecule has 2 rings (SSSR count). The monoisotopic (exact) mass is 359 g/mol. The van der Waals surface area contributed by atoms with Crippen LogP contribution in [0, 0.1) is 0 Å². The third kappa shape index (κ3) is 4.23. The number of hydrogen-bond donors (Lipinski definition) is 2. The lowest BCUT2D eigenvalue weighted by Gasteiger charge is -2.06. The van der Waals surface area contributed by atoms with Crippen molar-refractivity contribution < 1.29 is 9.90 Å². The van der Waals surface area contributed by atoms with Crippen LogP contribution in [-0.4, -0.2) is 11.1 Å². The van der Waals surface area contributed by atoms with Crippen LogP contribution in [0.15, 0.2) is 34.8 Å². The van der Waals surface area contributed by atoms with Gasteiger partial charge in [0.2, 0.25) is 0 Å². The molecule has 6 heteroatoms. The Morgan fingerprint density at radius 3 is 2.74 bits per heavy atom. The number of carboxylic acid groups (broad SMARTS) is 1. The first kappa shape index (κ1) is 14.4. The number of benzene rings is 1. The van der Waals surface area contributed by atoms with Gasteiger partial charge in [0, 0.05) is 26.5 Å². The van der Waals surface area contributed by atoms with Crippen molar-refractivity contribution in [3.8, 4) is 0 Å². The van der Waals surface area contributed by atoms with Gasteiger partial charge in [-0.3, -0.25) is 4.79 Å². The molecule has 2 aromatic rings. The normalized spacial score (nSPS) is 10.4. The highest BCUT2D eigenvalue weighted by atomic mass is 79.9. The zero-order chi connectivity index (χ0) is 13.8. The predicted octanol–water partition coefficient (Wildman–Crippen LogP) is 4.40. The number of rotatable bonds is 5. The molecule has 0 unspecified atom stereocenters. The van der Waals surface area contributed by atoms with Crippen LogP contribution >= 0.6 is 38.9 Å². The van der Waals surface area contributed by atoms with Gasteiger partial charge in [-0.05, 0) is 46.3 Å². The highest BCUT2D eigenvalue weighted by Crippen LogP contribution is 2.26. The summed E-state index contributed by atoms with van der Waals surface area (Å²) < 4.78 is 0.844. The Labute approximate surface area is 128 Å². The quantitative estimate of drug-likeness (QED) is 0.830. The highest BCUT2D eigenvalue weighted by Gasteiger charge is 2.05. The molecular weight excluding hydrogens is 350 g/mol. The van der Waals surface area contributed by atoms with Gasteiger partial charge in [-0.15, -0.1) is 11.3 Å². The van der Waals surface area contributed by atoms with E-state index in [-0.39, 0.29) is 6.42 Å². The molecule has 0 aliphatic heterocycles. The van der Waals surface area contributed by atoms with Gasteiger partial charge in [-0.2, -0.15) is 0 Å². The summed E-state index contributed by atoms with van der Waals surface area (Å²) in [6, 6.07) is 9.43. The van der Waals surface area contributed by atoms with Crippen molar-refractivity contribution in [1.82, 2.24) is 0 Å². The molecule has 1 heterocycles. The maximum Gasteiger partial charge on any atom is 0.308 e. The molecule has 1 aromatic heterocycles. The Morgan fingerprint density at radius 2 is 2.05 bits per heavy atom. The molecule has 0 aliphatic carbocycles. The van der Waals surface area contributed by atoms with Crippen molar-refractivity contribution in [2.24, 2.45) is 0 Å². The van der Waals surface area contributed by atoms with E-state index in [1.54, 1.807) is 0 Å². The van der Waals surface area contributed by atoms with Gasteiger partial charge in [0.1, 0.15) is 0 Å². The summed E-state index contributed by atoms with van der Waals surface area (Å²) in [4.78, 5) is 12.6. The average molecular weight is 361 g/mol. The van der Waals surface area contributed by atoms with E-state index in [4.69, 9.17) is 16.7 Å². The van der Waals surface area contributed by atoms with Crippen molar-refractivity contribution >= 4 is 50.5 Å². The second-order valence-corrected chi connectivity index (χ2v) is 6.44. The molecule has 2 N–H and O–H groups in total. The summed E-state index contributed by atoms with van der Waals surface area (Å²) in [6.07, 6.45) is 0.0805. The fraction of sp³-hybridized carbons (Fsp3) is 0.154. The molecular formula is C13H11BrClNO2S. The third-order valence-corrected chi connectivity index (χ3v) is 4.73. The molecule has 0 saturated heterocycles. The first-order valence-electron chi connectivity index (χ1n) is 5.53. The SMILES string of the molecule is O=C(O)Cc1ccc(CNc2ccc(Cl)c(Br)c2)s1. The minimum Gasteiger partial charge on any atom is -0.481 e. The zero-order valence-electron chi connectivity index (χ0n) is 9.82. The Morgan fingerprint density at radius 1 is 1.32 bits per heavy atom. The largest absolute Gasteiger partial charge is 0.481 e. The van der Waals surface area contributed by atoms with Gasteiger partial charge >= 0.3 is 5.97 Å². The summed E-state index contributed by atoms with van der Waals surface area (Å²) in [7, 11) is 0. The molecule has 0 amide bonds. The number of hydrogen-bond acceptors (Lipinski definition) is 3. The molecule has 3 nitrogen and oxygen atoms in total. The molecule has 0 aliphatic rings. The number of anilines is 1. The smallest absolute Gasteiger partial charge is 0.308 e. The fourth-order valence-electron chi connectivity index (χ4n) is 1.56. The van der Waals surface area contributed by atoms with E-state index in [9.17, 15) is 4.79 Å². The van der Waals surface area contributed by atoms with Gasteiger partial charge in [0.25, 0.3) is 0 Å². The van der Waals surface area contributed by atoms with E-state index < -0.39 is 5.97 Å². The van der Waals surface area contributed by atoms with Gasteiger partial charge < -0.3 is 10.4 Å². The number of halogens is 2. The Kier molecular flexibility index (Phi) is 4.85. The van der Waals surface area contributed by atoms with Gasteiger partial charge in [-0.1, -0.05) is 11.6 Å². The highest BCUT2D eigenvalue weighted by molar-refractivity contribution is 9.10. The van der Waals surface area contributed by atoms with E-state index in [2.05, 4.69) is 21.2 Å². The van der Waals surface area contributed by atoms with Crippen LogP contribution in [0.3, 0.4) is 0 Å². The van der Waals surface area contributed by atoms with Crippen LogP contribution in [0.5, 0.6) is 0 Å². The van der Waals surface area contributed by atoms with Gasteiger partial charge in [0.15, 0.2) is 0 Å². The third-order valence-electron chi connectivity index (χ3n) is 2.43. The zero-order valence-corrected chi connectivity index (χ0v) is 13.0. The topological polar surface area (TPSA) is 49.3 Å². The Balaban J connectivity index is 1.96. The number of carbonyl (C=O) groups is 1. The molecule has 0 fully saturated rings. The minimum atomic E-state index is -0.803. The van der Waals surface area contributed by atoms with Crippen LogP contribution in [0.4, 0.5) is 5.69 Å². The number of thiophene rings is 1. The molecule has 19 heavy (non-hydrogen) atoms. The molecule has 0 spiro atoms. The maximum atomic E-state index is 10.6. The first-order chi connectivity index (χ1) is 9.04. The number of carboxylic acids is 1. The molecule has 100 valence electrons. The van der Waals surface area contributed by atoms with E-state index in [0.717, 1.165) is 19.9 Å². The van der Waals surface area contributed by atoms with Crippen LogP contribution < -0.4 is 5.32 Å². The van der Waals surface area contributed by atoms with Crippen LogP contribution in [0.1, 0.15) is 9.75 Å². The second-order valence-electron chi connectivity index (χ2n) is 3.92. The van der Waals surface area contributed by atoms with Crippen molar-refractivity contribution in [3.05, 3.63) is 49.6 Å². The fourth-order valence-corrected chi connectivity index (χ4v) is 3.00. The van der Waals surface area contributed by atoms with Gasteiger partial charge in [0.05, 0.1) is 11.4 Å². The maximum absolute atomic E-state index is 10.6. The van der Waals surface area contributed by atoms with Crippen molar-refractivity contribution in [3.63, 3.8) is 0 Å². The lowest BCUT2D eigenvalue weighted by Crippen LogP contribution is -1.98. The molecule has 0 saturated carbocycles. The molecule has 0 radical (unpaired) electrons. The van der Waals surface area contributed by atoms with Gasteiger partial charge in [-0.25, -0.2) is 0 Å². The van der Waals surface area contributed by atoms with Crippen molar-refractivity contribution in [2.45, 2.75) is 13.0 Å². The van der Waals surface area contributed by atoms with Crippen LogP contribution in [0.25, 0.3) is 0 Å². The molecule has 1 aromatic carbocycles. The molecule has 0 atom stereocenters. The lowest BCUT2D eigenvalue weighted by molar-refractivity contribution is -0.136. The minimum absolute atomic E-state index is 0.0805. The standard InChI is InChI=1S/C13H11BrClNO2S/c14-11-5-8(1-4-12(11)15)16-7-10-3-2-9(19-10)6-13(17)18/h1-5,16H,6-7H2,(H,17,18). The first-order valence-corrected chi connectivity index (χ1v) is 7.51. The van der Waals surface area contributed by atoms with Crippen LogP contribution in [0.2, 0.25) is 5.02 Å². The van der Waals surface area contributed by atoms with E-state index in [0.29, 0.717) is 11.6 Å². The summed E-state index contributed by atoms with van der Waals surface area (Å²) in [5, 5.41) is 12.7. The van der Waals surface area contributed by atoms with E-state index in [1.807, 2.05) is 30.3 Å². The Hall–Kier alpha value is -1.04. The average Bonchev–Trinajstić information content (AvgIpc) is 2.77. The summed E-state index contributed by atoms with van der Waals surface area (Å²) >= 11 is 10.8. The summed E-state index contributed by atoms with van der Waals surface area (Å²) in [5.41, 5.74) is 0.962. The van der Waals surface area contributed by atoms with Crippen LogP contribution in [-0.2, 0) is 17.8 Å². The van der Waals surface area contributed by atoms with E-state index in [1.165, 1.54) is 11.3 Å². The predicted molar refractivity (Wildman–Crippen MR) is 82.1 cm³/mol. The number of nitrogens with one attached hydrogen (secondary N) is 1. The van der Waals surface area contributed by atoms with E-state index >= 15 is 0 Å². The summed E-state index contributed by atoms with van der Waals surface area (Å²) in [5.74, 6) is -0.803. The summed E-state index contributed by atoms with van der Waals surface area (Å²) in [6.45, 7) is 0.665. The van der Waals surface area contributed by atoms with Crippen molar-refractivity contribution in [1.29, 1.82) is 0 Å². The number of aliphatic carboxylic acids is 1. The Bertz CT molecular complexity index is 600. The lowest BCUT2D eigenvalue weighted by atomic mass is 10.3. The second kappa shape index (κ2) is 6.41. The molecule has 0 bridgehead atoms. The van der Waals surface area contributed by atoms with Crippen molar-refractivity contribution in [2.75, 3.05) is 5.32 Å².